The monoisotopic (exact) mass is 1010 g/mol. The van der Waals surface area contributed by atoms with Gasteiger partial charge < -0.3 is 0 Å². The second kappa shape index (κ2) is 16.2. The molecule has 0 saturated carbocycles. The molecule has 0 aromatic heterocycles. The zero-order chi connectivity index (χ0) is 52.8. The van der Waals surface area contributed by atoms with Crippen LogP contribution in [-0.4, -0.2) is 13.4 Å². The molecule has 80 heavy (non-hydrogen) atoms. The van der Waals surface area contributed by atoms with Crippen molar-refractivity contribution in [3.63, 3.8) is 0 Å². The number of benzene rings is 16. The Kier molecular flexibility index (Phi) is 9.05. The van der Waals surface area contributed by atoms with Crippen LogP contribution in [0.25, 0.3) is 141 Å². The quantitative estimate of drug-likeness (QED) is 0.0936. The maximum absolute atomic E-state index is 2.65. The van der Waals surface area contributed by atoms with E-state index in [0.717, 1.165) is 0 Å². The summed E-state index contributed by atoms with van der Waals surface area (Å²) in [5.41, 5.74) is 16.7. The predicted molar refractivity (Wildman–Crippen MR) is 351 cm³/mol. The lowest BCUT2D eigenvalue weighted by Crippen LogP contribution is -2.50. The highest BCUT2D eigenvalue weighted by Crippen LogP contribution is 2.43. The van der Waals surface area contributed by atoms with Crippen LogP contribution < -0.4 is 32.8 Å². The van der Waals surface area contributed by atoms with Crippen LogP contribution in [0.3, 0.4) is 0 Å². The molecule has 0 radical (unpaired) electrons. The van der Waals surface area contributed by atoms with Gasteiger partial charge in [-0.1, -0.05) is 242 Å². The van der Waals surface area contributed by atoms with E-state index in [4.69, 9.17) is 0 Å². The fourth-order valence-electron chi connectivity index (χ4n) is 15.8. The van der Waals surface area contributed by atoms with Crippen molar-refractivity contribution in [2.24, 2.45) is 0 Å². The van der Waals surface area contributed by atoms with E-state index in [1.807, 2.05) is 0 Å². The van der Waals surface area contributed by atoms with Crippen molar-refractivity contribution in [1.82, 2.24) is 0 Å². The van der Waals surface area contributed by atoms with E-state index in [0.29, 0.717) is 0 Å². The molecule has 18 rings (SSSR count). The van der Waals surface area contributed by atoms with Gasteiger partial charge in [0.2, 0.25) is 13.4 Å². The summed E-state index contributed by atoms with van der Waals surface area (Å²) in [6, 6.07) is 90.0. The van der Waals surface area contributed by atoms with E-state index in [2.05, 4.69) is 258 Å². The number of rotatable bonds is 4. The fourth-order valence-corrected chi connectivity index (χ4v) is 15.8. The minimum absolute atomic E-state index is 0.0169. The summed E-state index contributed by atoms with van der Waals surface area (Å²) in [4.78, 5) is 0. The first-order valence-electron chi connectivity index (χ1n) is 28.9. The molecular weight excluding hydrogens is 958 g/mol. The largest absolute Gasteiger partial charge is 0.245 e. The lowest BCUT2D eigenvalue weighted by atomic mass is 9.36. The van der Waals surface area contributed by atoms with Crippen molar-refractivity contribution in [3.8, 4) is 22.3 Å². The van der Waals surface area contributed by atoms with Gasteiger partial charge >= 0.3 is 0 Å². The smallest absolute Gasteiger partial charge is 0.0623 e. The van der Waals surface area contributed by atoms with Crippen LogP contribution in [0.5, 0.6) is 0 Å². The molecule has 0 spiro atoms. The van der Waals surface area contributed by atoms with Crippen LogP contribution in [0.15, 0.2) is 231 Å². The molecule has 16 aromatic carbocycles. The second-order valence-electron chi connectivity index (χ2n) is 24.1. The summed E-state index contributed by atoms with van der Waals surface area (Å²) < 4.78 is 0. The molecule has 2 heteroatoms. The SMILES string of the molecule is CC(C)c1cc(B2c3c(ccc4cc5ccccc5cc34)-c3ccc4cc5ccccc5cc4c32)c2ccc3c(C(C)C)cc(B4c5c(ccc6cc7ccccc7cc56)-c5ccc6cc7ccccc7cc6c54)c4ccc1c2c43. The van der Waals surface area contributed by atoms with Gasteiger partial charge in [-0.15, -0.1) is 0 Å². The van der Waals surface area contributed by atoms with Crippen molar-refractivity contribution in [2.75, 3.05) is 0 Å². The average molecular weight is 1010 g/mol. The maximum Gasteiger partial charge on any atom is 0.245 e. The molecule has 2 heterocycles. The zero-order valence-corrected chi connectivity index (χ0v) is 45.2. The van der Waals surface area contributed by atoms with Crippen molar-refractivity contribution < 1.29 is 0 Å². The van der Waals surface area contributed by atoms with Crippen LogP contribution in [0.2, 0.25) is 0 Å². The highest BCUT2D eigenvalue weighted by molar-refractivity contribution is 7.04. The van der Waals surface area contributed by atoms with E-state index in [-0.39, 0.29) is 25.3 Å². The Morgan fingerprint density at radius 1 is 0.225 bits per heavy atom. The zero-order valence-electron chi connectivity index (χ0n) is 45.2. The van der Waals surface area contributed by atoms with E-state index < -0.39 is 0 Å². The molecule has 0 amide bonds. The molecule has 0 nitrogen and oxygen atoms in total. The van der Waals surface area contributed by atoms with E-state index in [1.165, 1.54) is 185 Å². The Labute approximate surface area is 465 Å². The summed E-state index contributed by atoms with van der Waals surface area (Å²) in [6.45, 7) is 9.62. The molecule has 0 saturated heterocycles. The van der Waals surface area contributed by atoms with Gasteiger partial charge in [-0.3, -0.25) is 0 Å². The first-order chi connectivity index (χ1) is 39.3. The molecule has 370 valence electrons. The lowest BCUT2D eigenvalue weighted by molar-refractivity contribution is 0.877. The van der Waals surface area contributed by atoms with Gasteiger partial charge in [0, 0.05) is 0 Å². The van der Waals surface area contributed by atoms with Crippen LogP contribution >= 0.6 is 0 Å². The van der Waals surface area contributed by atoms with Gasteiger partial charge in [0.1, 0.15) is 0 Å². The van der Waals surface area contributed by atoms with E-state index >= 15 is 0 Å². The summed E-state index contributed by atoms with van der Waals surface area (Å²) in [6.07, 6.45) is 0. The Bertz CT molecular complexity index is 4860. The third kappa shape index (κ3) is 6.03. The predicted octanol–water partition coefficient (Wildman–Crippen LogP) is 17.0. The van der Waals surface area contributed by atoms with Gasteiger partial charge in [0.25, 0.3) is 0 Å². The van der Waals surface area contributed by atoms with Gasteiger partial charge in [0.05, 0.1) is 0 Å². The standard InChI is InChI=1S/C78H52B2/c1-43(2)65-41-71(79-75-59(25-21-53-33-45-13-5-9-17-49(45)37-67(53)75)60-26-22-54-34-46-14-6-10-18-50(46)38-68(54)76(60)79)63-32-30-58-66(44(3)4)42-72(64-31-29-57(65)73(63)74(58)64)80-77-61(27-23-55-35-47-15-7-11-19-51(47)39-69(55)77)62-28-24-56-36-48-16-8-12-20-52(48)40-70(56)78(62)80/h5-44H,1-4H3. The molecule has 0 N–H and O–H groups in total. The molecule has 2 aliphatic rings. The first-order valence-corrected chi connectivity index (χ1v) is 28.9. The van der Waals surface area contributed by atoms with E-state index in [1.54, 1.807) is 0 Å². The fraction of sp³-hybridized carbons (Fsp3) is 0.0769. The van der Waals surface area contributed by atoms with Crippen molar-refractivity contribution >= 4 is 165 Å². The third-order valence-corrected chi connectivity index (χ3v) is 19.3. The third-order valence-electron chi connectivity index (χ3n) is 19.3. The van der Waals surface area contributed by atoms with Crippen LogP contribution in [0.1, 0.15) is 50.7 Å². The van der Waals surface area contributed by atoms with Gasteiger partial charge in [-0.25, -0.2) is 0 Å². The molecule has 0 bridgehead atoms. The van der Waals surface area contributed by atoms with Crippen molar-refractivity contribution in [2.45, 2.75) is 39.5 Å². The Morgan fingerprint density at radius 2 is 0.475 bits per heavy atom. The number of hydrogen-bond acceptors (Lipinski definition) is 0. The Hall–Kier alpha value is -9.23. The van der Waals surface area contributed by atoms with Gasteiger partial charge in [0.15, 0.2) is 0 Å². The summed E-state index contributed by atoms with van der Waals surface area (Å²) >= 11 is 0. The summed E-state index contributed by atoms with van der Waals surface area (Å²) in [5, 5.41) is 29.0. The second-order valence-corrected chi connectivity index (χ2v) is 24.1. The van der Waals surface area contributed by atoms with Crippen molar-refractivity contribution in [1.29, 1.82) is 0 Å². The minimum atomic E-state index is -0.0169. The molecular formula is C78H52B2. The van der Waals surface area contributed by atoms with E-state index in [9.17, 15) is 0 Å². The average Bonchev–Trinajstić information content (AvgIpc) is 3.42. The highest BCUT2D eigenvalue weighted by atomic mass is 14.3. The highest BCUT2D eigenvalue weighted by Gasteiger charge is 2.41. The van der Waals surface area contributed by atoms with Crippen LogP contribution in [0.4, 0.5) is 0 Å². The van der Waals surface area contributed by atoms with Crippen LogP contribution in [-0.2, 0) is 0 Å². The number of hydrogen-bond donors (Lipinski definition) is 0. The molecule has 2 aliphatic heterocycles. The molecule has 16 aromatic rings. The summed E-state index contributed by atoms with van der Waals surface area (Å²) in [7, 11) is 0. The Balaban J connectivity index is 0.986. The minimum Gasteiger partial charge on any atom is -0.0623 e. The molecule has 0 fully saturated rings. The topological polar surface area (TPSA) is 0 Å². The van der Waals surface area contributed by atoms with Crippen LogP contribution in [0, 0.1) is 0 Å². The lowest BCUT2D eigenvalue weighted by Gasteiger charge is -2.26. The molecule has 0 unspecified atom stereocenters. The van der Waals surface area contributed by atoms with Gasteiger partial charge in [-0.2, -0.15) is 0 Å². The first kappa shape index (κ1) is 44.7. The molecule has 0 aliphatic carbocycles. The number of fused-ring (bicyclic) bond motifs is 18. The normalized spacial score (nSPS) is 13.2. The van der Waals surface area contributed by atoms with Crippen molar-refractivity contribution in [3.05, 3.63) is 242 Å². The molecule has 0 atom stereocenters. The maximum atomic E-state index is 2.65. The summed E-state index contributed by atoms with van der Waals surface area (Å²) in [5.74, 6) is 0.568. The van der Waals surface area contributed by atoms with Gasteiger partial charge in [-0.05, 0) is 212 Å². The Morgan fingerprint density at radius 3 is 0.738 bits per heavy atom.